The van der Waals surface area contributed by atoms with E-state index in [-0.39, 0.29) is 10.6 Å². The van der Waals surface area contributed by atoms with Crippen molar-refractivity contribution in [1.29, 1.82) is 0 Å². The van der Waals surface area contributed by atoms with Crippen LogP contribution in [0.15, 0.2) is 65.6 Å². The molecule has 3 aromatic carbocycles. The van der Waals surface area contributed by atoms with Crippen molar-refractivity contribution >= 4 is 44.8 Å². The predicted molar refractivity (Wildman–Crippen MR) is 127 cm³/mol. The van der Waals surface area contributed by atoms with Crippen LogP contribution in [-0.4, -0.2) is 26.0 Å². The Labute approximate surface area is 197 Å². The van der Waals surface area contributed by atoms with E-state index < -0.39 is 28.6 Å². The molecule has 0 radical (unpaired) electrons. The zero-order valence-corrected chi connectivity index (χ0v) is 19.7. The molecule has 168 valence electrons. The Hall–Kier alpha value is -2.42. The van der Waals surface area contributed by atoms with Gasteiger partial charge in [0, 0.05) is 26.9 Å². The number of sulfonamides is 1. The van der Waals surface area contributed by atoms with Crippen LogP contribution in [0.3, 0.4) is 0 Å². The molecule has 1 unspecified atom stereocenters. The molecule has 3 N–H and O–H groups in total. The molecule has 1 atom stereocenters. The molecular weight excluding hydrogens is 471 g/mol. The first-order chi connectivity index (χ1) is 15.1. The Morgan fingerprint density at radius 2 is 1.62 bits per heavy atom. The van der Waals surface area contributed by atoms with E-state index >= 15 is 0 Å². The quantitative estimate of drug-likeness (QED) is 0.448. The minimum atomic E-state index is -3.87. The van der Waals surface area contributed by atoms with E-state index in [1.165, 1.54) is 24.3 Å². The van der Waals surface area contributed by atoms with Crippen molar-refractivity contribution in [3.63, 3.8) is 0 Å². The fraction of sp³-hybridized carbons (Fsp3) is 0.174. The maximum Gasteiger partial charge on any atom is 0.241 e. The number of halogens is 2. The maximum absolute atomic E-state index is 12.6. The van der Waals surface area contributed by atoms with E-state index in [1.54, 1.807) is 44.2 Å². The van der Waals surface area contributed by atoms with Crippen molar-refractivity contribution in [3.8, 4) is 0 Å². The topological polar surface area (TPSA) is 95.5 Å². The highest BCUT2D eigenvalue weighted by Gasteiger charge is 2.20. The highest BCUT2D eigenvalue weighted by Crippen LogP contribution is 2.34. The van der Waals surface area contributed by atoms with Crippen LogP contribution in [0.1, 0.15) is 28.4 Å². The molecule has 3 aromatic rings. The number of hydrogen-bond donors (Lipinski definition) is 3. The second kappa shape index (κ2) is 10.0. The fourth-order valence-electron chi connectivity index (χ4n) is 3.26. The van der Waals surface area contributed by atoms with Crippen molar-refractivity contribution in [2.24, 2.45) is 0 Å². The lowest BCUT2D eigenvalue weighted by molar-refractivity contribution is -0.115. The van der Waals surface area contributed by atoms with Gasteiger partial charge in [-0.1, -0.05) is 47.5 Å². The molecule has 0 bridgehead atoms. The largest absolute Gasteiger partial charge is 0.384 e. The summed E-state index contributed by atoms with van der Waals surface area (Å²) in [5.41, 5.74) is 2.67. The monoisotopic (exact) mass is 492 g/mol. The fourth-order valence-corrected chi connectivity index (χ4v) is 4.85. The second-order valence-electron chi connectivity index (χ2n) is 7.35. The highest BCUT2D eigenvalue weighted by molar-refractivity contribution is 7.89. The number of carbonyl (C=O) groups excluding carboxylic acids is 1. The van der Waals surface area contributed by atoms with Crippen LogP contribution in [0.25, 0.3) is 0 Å². The Bertz CT molecular complexity index is 1240. The zero-order chi connectivity index (χ0) is 23.5. The van der Waals surface area contributed by atoms with Crippen LogP contribution in [0.4, 0.5) is 5.69 Å². The van der Waals surface area contributed by atoms with Crippen LogP contribution in [-0.2, 0) is 14.8 Å². The summed E-state index contributed by atoms with van der Waals surface area (Å²) in [4.78, 5) is 12.6. The predicted octanol–water partition coefficient (Wildman–Crippen LogP) is 4.61. The van der Waals surface area contributed by atoms with Gasteiger partial charge in [-0.2, -0.15) is 0 Å². The molecule has 0 aliphatic rings. The van der Waals surface area contributed by atoms with Gasteiger partial charge >= 0.3 is 0 Å². The third-order valence-electron chi connectivity index (χ3n) is 4.71. The van der Waals surface area contributed by atoms with Gasteiger partial charge in [-0.3, -0.25) is 4.79 Å². The Kier molecular flexibility index (Phi) is 7.59. The summed E-state index contributed by atoms with van der Waals surface area (Å²) in [6.07, 6.45) is -1.15. The minimum Gasteiger partial charge on any atom is -0.384 e. The van der Waals surface area contributed by atoms with Gasteiger partial charge in [0.25, 0.3) is 0 Å². The van der Waals surface area contributed by atoms with E-state index in [4.69, 9.17) is 23.2 Å². The molecule has 32 heavy (non-hydrogen) atoms. The number of hydrogen-bond acceptors (Lipinski definition) is 4. The summed E-state index contributed by atoms with van der Waals surface area (Å²) in [5.74, 6) is -0.604. The molecule has 0 aromatic heterocycles. The molecule has 1 amide bonds. The van der Waals surface area contributed by atoms with Gasteiger partial charge in [0.2, 0.25) is 15.9 Å². The number of aryl methyl sites for hydroxylation is 2. The van der Waals surface area contributed by atoms with Crippen molar-refractivity contribution in [1.82, 2.24) is 4.72 Å². The molecule has 0 spiro atoms. The minimum absolute atomic E-state index is 0.0872. The summed E-state index contributed by atoms with van der Waals surface area (Å²) < 4.78 is 27.4. The van der Waals surface area contributed by atoms with Crippen LogP contribution < -0.4 is 10.0 Å². The smallest absolute Gasteiger partial charge is 0.241 e. The van der Waals surface area contributed by atoms with E-state index in [0.29, 0.717) is 21.2 Å². The van der Waals surface area contributed by atoms with Crippen molar-refractivity contribution in [2.75, 3.05) is 11.9 Å². The normalized spacial score (nSPS) is 12.4. The lowest BCUT2D eigenvalue weighted by Crippen LogP contribution is -2.33. The van der Waals surface area contributed by atoms with Gasteiger partial charge in [0.1, 0.15) is 6.10 Å². The molecule has 0 fully saturated rings. The van der Waals surface area contributed by atoms with Crippen molar-refractivity contribution in [2.45, 2.75) is 24.8 Å². The van der Waals surface area contributed by atoms with Crippen molar-refractivity contribution < 1.29 is 18.3 Å². The van der Waals surface area contributed by atoms with Gasteiger partial charge in [0.05, 0.1) is 11.4 Å². The van der Waals surface area contributed by atoms with E-state index in [9.17, 15) is 18.3 Å². The van der Waals surface area contributed by atoms with Gasteiger partial charge in [-0.25, -0.2) is 13.1 Å². The van der Waals surface area contributed by atoms with Gasteiger partial charge in [-0.05, 0) is 61.4 Å². The number of benzene rings is 3. The molecule has 0 aliphatic heterocycles. The number of aliphatic hydroxyl groups excluding tert-OH is 1. The standard InChI is InChI=1S/C23H22Cl2N2O4S/c1-14-9-15(2)11-17(10-14)32(30,31)26-13-22(28)27-21-8-7-16(24)12-19(21)23(29)18-5-3-4-6-20(18)25/h3-12,23,26,29H,13H2,1-2H3,(H,27,28). The average Bonchev–Trinajstić information content (AvgIpc) is 2.73. The van der Waals surface area contributed by atoms with Gasteiger partial charge in [-0.15, -0.1) is 0 Å². The van der Waals surface area contributed by atoms with Crippen LogP contribution in [0.5, 0.6) is 0 Å². The van der Waals surface area contributed by atoms with Crippen LogP contribution in [0.2, 0.25) is 10.0 Å². The number of anilines is 1. The molecule has 0 aliphatic carbocycles. The Morgan fingerprint density at radius 3 is 2.28 bits per heavy atom. The number of carbonyl (C=O) groups is 1. The van der Waals surface area contributed by atoms with Gasteiger partial charge < -0.3 is 10.4 Å². The third kappa shape index (κ3) is 5.88. The summed E-state index contributed by atoms with van der Waals surface area (Å²) in [5, 5.41) is 14.2. The lowest BCUT2D eigenvalue weighted by atomic mass is 9.99. The highest BCUT2D eigenvalue weighted by atomic mass is 35.5. The van der Waals surface area contributed by atoms with Gasteiger partial charge in [0.15, 0.2) is 0 Å². The average molecular weight is 493 g/mol. The summed E-state index contributed by atoms with van der Waals surface area (Å²) >= 11 is 12.3. The Morgan fingerprint density at radius 1 is 0.969 bits per heavy atom. The van der Waals surface area contributed by atoms with Crippen molar-refractivity contribution in [3.05, 3.63) is 93.0 Å². The molecule has 6 nitrogen and oxygen atoms in total. The number of aliphatic hydroxyl groups is 1. The number of amides is 1. The Balaban J connectivity index is 1.77. The summed E-state index contributed by atoms with van der Waals surface area (Å²) in [7, 11) is -3.87. The summed E-state index contributed by atoms with van der Waals surface area (Å²) in [6.45, 7) is 3.11. The molecule has 0 saturated heterocycles. The third-order valence-corrected chi connectivity index (χ3v) is 6.67. The number of nitrogens with one attached hydrogen (secondary N) is 2. The first-order valence-corrected chi connectivity index (χ1v) is 11.9. The van der Waals surface area contributed by atoms with Crippen LogP contribution in [0, 0.1) is 13.8 Å². The first kappa shape index (κ1) is 24.2. The lowest BCUT2D eigenvalue weighted by Gasteiger charge is -2.18. The number of rotatable bonds is 7. The van der Waals surface area contributed by atoms with E-state index in [1.807, 2.05) is 6.07 Å². The first-order valence-electron chi connectivity index (χ1n) is 9.66. The summed E-state index contributed by atoms with van der Waals surface area (Å²) in [6, 6.07) is 16.3. The SMILES string of the molecule is Cc1cc(C)cc(S(=O)(=O)NCC(=O)Nc2ccc(Cl)cc2C(O)c2ccccc2Cl)c1. The molecule has 0 saturated carbocycles. The van der Waals surface area contributed by atoms with Crippen LogP contribution >= 0.6 is 23.2 Å². The molecule has 0 heterocycles. The molecule has 9 heteroatoms. The van der Waals surface area contributed by atoms with E-state index in [0.717, 1.165) is 11.1 Å². The molecular formula is C23H22Cl2N2O4S. The van der Waals surface area contributed by atoms with E-state index in [2.05, 4.69) is 10.0 Å². The molecule has 3 rings (SSSR count). The zero-order valence-electron chi connectivity index (χ0n) is 17.4. The maximum atomic E-state index is 12.6. The second-order valence-corrected chi connectivity index (χ2v) is 9.96.